The minimum atomic E-state index is -0.727. The predicted molar refractivity (Wildman–Crippen MR) is 38.0 cm³/mol. The summed E-state index contributed by atoms with van der Waals surface area (Å²) >= 11 is 0. The molecule has 0 unspecified atom stereocenters. The van der Waals surface area contributed by atoms with Crippen LogP contribution in [0.3, 0.4) is 0 Å². The molecule has 3 heteroatoms. The molecule has 62 valence electrons. The van der Waals surface area contributed by atoms with Gasteiger partial charge >= 0.3 is 5.97 Å². The molecule has 0 aromatic rings. The minimum Gasteiger partial charge on any atom is -0.481 e. The Morgan fingerprint density at radius 2 is 2.09 bits per heavy atom. The van der Waals surface area contributed by atoms with E-state index in [1.165, 1.54) is 0 Å². The smallest absolute Gasteiger partial charge is 0.303 e. The number of carbonyl (C=O) groups is 1. The molecule has 2 rings (SSSR count). The molecule has 2 N–H and O–H groups in total. The second kappa shape index (κ2) is 2.21. The summed E-state index contributed by atoms with van der Waals surface area (Å²) in [7, 11) is 0. The highest BCUT2D eigenvalue weighted by Gasteiger charge is 2.53. The van der Waals surface area contributed by atoms with E-state index in [9.17, 15) is 9.90 Å². The highest BCUT2D eigenvalue weighted by Crippen LogP contribution is 2.56. The van der Waals surface area contributed by atoms with Crippen LogP contribution in [0.15, 0.2) is 0 Å². The highest BCUT2D eigenvalue weighted by molar-refractivity contribution is 5.67. The predicted octanol–water partition coefficient (Wildman–Crippen LogP) is 0.478. The molecule has 0 heterocycles. The Labute approximate surface area is 65.0 Å². The summed E-state index contributed by atoms with van der Waals surface area (Å²) in [4.78, 5) is 10.3. The molecule has 3 nitrogen and oxygen atoms in total. The number of fused-ring (bicyclic) bond motifs is 1. The van der Waals surface area contributed by atoms with Crippen molar-refractivity contribution in [3.8, 4) is 0 Å². The van der Waals surface area contributed by atoms with Gasteiger partial charge < -0.3 is 10.2 Å². The molecule has 11 heavy (non-hydrogen) atoms. The zero-order chi connectivity index (χ0) is 8.01. The molecular formula is C8H12O3. The van der Waals surface area contributed by atoms with Crippen LogP contribution < -0.4 is 0 Å². The van der Waals surface area contributed by atoms with Crippen LogP contribution in [0, 0.1) is 17.8 Å². The number of aliphatic carboxylic acids is 1. The Bertz CT molecular complexity index is 190. The van der Waals surface area contributed by atoms with Crippen molar-refractivity contribution >= 4 is 5.97 Å². The van der Waals surface area contributed by atoms with E-state index in [1.807, 2.05) is 0 Å². The first-order valence-electron chi connectivity index (χ1n) is 4.08. The van der Waals surface area contributed by atoms with Gasteiger partial charge in [0.15, 0.2) is 0 Å². The lowest BCUT2D eigenvalue weighted by Crippen LogP contribution is -2.11. The largest absolute Gasteiger partial charge is 0.481 e. The average molecular weight is 156 g/mol. The van der Waals surface area contributed by atoms with Crippen molar-refractivity contribution in [2.45, 2.75) is 25.4 Å². The zero-order valence-electron chi connectivity index (χ0n) is 6.23. The molecule has 0 amide bonds. The van der Waals surface area contributed by atoms with Crippen LogP contribution in [-0.4, -0.2) is 22.3 Å². The molecule has 0 saturated heterocycles. The Hall–Kier alpha value is -0.570. The summed E-state index contributed by atoms with van der Waals surface area (Å²) in [6, 6.07) is 0. The maximum Gasteiger partial charge on any atom is 0.303 e. The SMILES string of the molecule is O=C(O)C[C@@H]1C[C@H](O)[C@@H]2C[C@H]12. The van der Waals surface area contributed by atoms with Gasteiger partial charge in [-0.1, -0.05) is 0 Å². The Morgan fingerprint density at radius 1 is 1.36 bits per heavy atom. The topological polar surface area (TPSA) is 57.5 Å². The van der Waals surface area contributed by atoms with Crippen LogP contribution in [-0.2, 0) is 4.79 Å². The fourth-order valence-electron chi connectivity index (χ4n) is 2.34. The molecule has 4 atom stereocenters. The van der Waals surface area contributed by atoms with Gasteiger partial charge in [0.1, 0.15) is 0 Å². The van der Waals surface area contributed by atoms with Crippen molar-refractivity contribution in [2.24, 2.45) is 17.8 Å². The number of hydrogen-bond acceptors (Lipinski definition) is 2. The van der Waals surface area contributed by atoms with Crippen molar-refractivity contribution in [3.05, 3.63) is 0 Å². The van der Waals surface area contributed by atoms with Crippen LogP contribution in [0.5, 0.6) is 0 Å². The molecule has 2 aliphatic carbocycles. The van der Waals surface area contributed by atoms with Crippen LogP contribution >= 0.6 is 0 Å². The fourth-order valence-corrected chi connectivity index (χ4v) is 2.34. The molecule has 0 spiro atoms. The molecule has 2 fully saturated rings. The van der Waals surface area contributed by atoms with Crippen molar-refractivity contribution < 1.29 is 15.0 Å². The molecule has 0 aromatic heterocycles. The minimum absolute atomic E-state index is 0.204. The first-order valence-corrected chi connectivity index (χ1v) is 4.08. The van der Waals surface area contributed by atoms with Crippen LogP contribution in [0.1, 0.15) is 19.3 Å². The van der Waals surface area contributed by atoms with Gasteiger partial charge in [-0.3, -0.25) is 4.79 Å². The van der Waals surface area contributed by atoms with Gasteiger partial charge in [0, 0.05) is 6.42 Å². The number of aliphatic hydroxyl groups excluding tert-OH is 1. The van der Waals surface area contributed by atoms with Crippen LogP contribution in [0.4, 0.5) is 0 Å². The van der Waals surface area contributed by atoms with E-state index >= 15 is 0 Å². The molecule has 0 aromatic carbocycles. The molecule has 0 bridgehead atoms. The van der Waals surface area contributed by atoms with Crippen LogP contribution in [0.25, 0.3) is 0 Å². The van der Waals surface area contributed by atoms with Crippen LogP contribution in [0.2, 0.25) is 0 Å². The summed E-state index contributed by atoms with van der Waals surface area (Å²) in [5.74, 6) is 0.502. The molecule has 2 saturated carbocycles. The van der Waals surface area contributed by atoms with Gasteiger partial charge in [-0.05, 0) is 30.6 Å². The number of carboxylic acids is 1. The Morgan fingerprint density at radius 3 is 2.45 bits per heavy atom. The van der Waals surface area contributed by atoms with E-state index in [0.29, 0.717) is 18.3 Å². The van der Waals surface area contributed by atoms with Crippen molar-refractivity contribution in [1.82, 2.24) is 0 Å². The number of carboxylic acid groups (broad SMARTS) is 1. The van der Waals surface area contributed by atoms with E-state index in [0.717, 1.165) is 6.42 Å². The van der Waals surface area contributed by atoms with Gasteiger partial charge in [0.05, 0.1) is 6.10 Å². The van der Waals surface area contributed by atoms with E-state index in [1.54, 1.807) is 0 Å². The number of hydrogen-bond donors (Lipinski definition) is 2. The third-order valence-corrected chi connectivity index (χ3v) is 2.97. The fraction of sp³-hybridized carbons (Fsp3) is 0.875. The van der Waals surface area contributed by atoms with E-state index in [-0.39, 0.29) is 18.4 Å². The first kappa shape index (κ1) is 7.10. The monoisotopic (exact) mass is 156 g/mol. The maximum atomic E-state index is 10.3. The van der Waals surface area contributed by atoms with Crippen molar-refractivity contribution in [2.75, 3.05) is 0 Å². The quantitative estimate of drug-likeness (QED) is 0.611. The van der Waals surface area contributed by atoms with E-state index < -0.39 is 5.97 Å². The average Bonchev–Trinajstić information content (AvgIpc) is 2.57. The summed E-state index contributed by atoms with van der Waals surface area (Å²) in [6.45, 7) is 0. The summed E-state index contributed by atoms with van der Waals surface area (Å²) in [6.07, 6.45) is 1.81. The second-order valence-electron chi connectivity index (χ2n) is 3.72. The Kier molecular flexibility index (Phi) is 1.42. The summed E-state index contributed by atoms with van der Waals surface area (Å²) in [5, 5.41) is 17.8. The summed E-state index contributed by atoms with van der Waals surface area (Å²) in [5.41, 5.74) is 0. The van der Waals surface area contributed by atoms with Gasteiger partial charge in [-0.2, -0.15) is 0 Å². The van der Waals surface area contributed by atoms with Gasteiger partial charge in [-0.15, -0.1) is 0 Å². The lowest BCUT2D eigenvalue weighted by molar-refractivity contribution is -0.138. The Balaban J connectivity index is 1.92. The third kappa shape index (κ3) is 1.13. The number of rotatable bonds is 2. The standard InChI is InChI=1S/C8H12O3/c9-7-1-4(2-8(10)11)5-3-6(5)7/h4-7,9H,1-3H2,(H,10,11)/t4-,5+,6+,7-/m0/s1. The normalized spacial score (nSPS) is 47.0. The zero-order valence-corrected chi connectivity index (χ0v) is 6.23. The van der Waals surface area contributed by atoms with E-state index in [2.05, 4.69) is 0 Å². The molecular weight excluding hydrogens is 144 g/mol. The second-order valence-corrected chi connectivity index (χ2v) is 3.72. The van der Waals surface area contributed by atoms with Gasteiger partial charge in [0.25, 0.3) is 0 Å². The number of aliphatic hydroxyl groups is 1. The van der Waals surface area contributed by atoms with E-state index in [4.69, 9.17) is 5.11 Å². The van der Waals surface area contributed by atoms with Crippen molar-refractivity contribution in [3.63, 3.8) is 0 Å². The van der Waals surface area contributed by atoms with Gasteiger partial charge in [0.2, 0.25) is 0 Å². The third-order valence-electron chi connectivity index (χ3n) is 2.97. The molecule has 0 aliphatic heterocycles. The first-order chi connectivity index (χ1) is 5.18. The lowest BCUT2D eigenvalue weighted by Gasteiger charge is -2.08. The highest BCUT2D eigenvalue weighted by atomic mass is 16.4. The molecule has 2 aliphatic rings. The maximum absolute atomic E-state index is 10.3. The summed E-state index contributed by atoms with van der Waals surface area (Å²) < 4.78 is 0. The molecule has 0 radical (unpaired) electrons. The van der Waals surface area contributed by atoms with Gasteiger partial charge in [-0.25, -0.2) is 0 Å². The lowest BCUT2D eigenvalue weighted by atomic mass is 9.99. The van der Waals surface area contributed by atoms with Crippen molar-refractivity contribution in [1.29, 1.82) is 0 Å².